The van der Waals surface area contributed by atoms with Gasteiger partial charge in [0.15, 0.2) is 0 Å². The third-order valence-corrected chi connectivity index (χ3v) is 3.79. The first kappa shape index (κ1) is 12.1. The second kappa shape index (κ2) is 4.90. The second-order valence-electron chi connectivity index (χ2n) is 3.25. The molecular formula is C12H6Cl2FI. The average Bonchev–Trinajstić information content (AvgIpc) is 2.22. The molecule has 0 nitrogen and oxygen atoms in total. The van der Waals surface area contributed by atoms with Crippen LogP contribution >= 0.6 is 45.8 Å². The van der Waals surface area contributed by atoms with E-state index >= 15 is 0 Å². The van der Waals surface area contributed by atoms with Crippen molar-refractivity contribution in [3.63, 3.8) is 0 Å². The van der Waals surface area contributed by atoms with Crippen molar-refractivity contribution in [2.75, 3.05) is 0 Å². The van der Waals surface area contributed by atoms with Crippen molar-refractivity contribution < 1.29 is 4.39 Å². The standard InChI is InChI=1S/C12H6Cl2FI/c13-10-4-1-7(5-11(10)14)9-3-2-8(15)6-12(9)16/h1-6H. The van der Waals surface area contributed by atoms with Gasteiger partial charge in [-0.3, -0.25) is 0 Å². The number of benzene rings is 2. The van der Waals surface area contributed by atoms with E-state index in [-0.39, 0.29) is 5.82 Å². The maximum Gasteiger partial charge on any atom is 0.124 e. The number of rotatable bonds is 1. The van der Waals surface area contributed by atoms with Crippen molar-refractivity contribution in [3.05, 3.63) is 55.8 Å². The maximum absolute atomic E-state index is 13.0. The van der Waals surface area contributed by atoms with Gasteiger partial charge in [0, 0.05) is 3.57 Å². The molecule has 0 heterocycles. The molecule has 0 aromatic heterocycles. The number of hydrogen-bond acceptors (Lipinski definition) is 0. The van der Waals surface area contributed by atoms with Crippen LogP contribution in [0.1, 0.15) is 0 Å². The summed E-state index contributed by atoms with van der Waals surface area (Å²) in [6.45, 7) is 0. The molecule has 2 rings (SSSR count). The van der Waals surface area contributed by atoms with E-state index < -0.39 is 0 Å². The summed E-state index contributed by atoms with van der Waals surface area (Å²) >= 11 is 13.9. The van der Waals surface area contributed by atoms with Crippen LogP contribution in [-0.4, -0.2) is 0 Å². The fourth-order valence-electron chi connectivity index (χ4n) is 1.39. The van der Waals surface area contributed by atoms with Crippen molar-refractivity contribution in [1.29, 1.82) is 0 Å². The summed E-state index contributed by atoms with van der Waals surface area (Å²) in [5, 5.41) is 1.02. The first-order valence-electron chi connectivity index (χ1n) is 4.48. The Kier molecular flexibility index (Phi) is 3.72. The quantitative estimate of drug-likeness (QED) is 0.592. The molecule has 0 aliphatic heterocycles. The third-order valence-electron chi connectivity index (χ3n) is 2.16. The molecule has 2 aromatic rings. The summed E-state index contributed by atoms with van der Waals surface area (Å²) < 4.78 is 13.8. The van der Waals surface area contributed by atoms with Gasteiger partial charge in [0.05, 0.1) is 10.0 Å². The third kappa shape index (κ3) is 2.50. The van der Waals surface area contributed by atoms with Gasteiger partial charge >= 0.3 is 0 Å². The first-order chi connectivity index (χ1) is 7.58. The molecular weight excluding hydrogens is 361 g/mol. The van der Waals surface area contributed by atoms with E-state index in [1.807, 2.05) is 6.07 Å². The van der Waals surface area contributed by atoms with Crippen LogP contribution in [0.15, 0.2) is 36.4 Å². The Balaban J connectivity index is 2.54. The van der Waals surface area contributed by atoms with E-state index in [0.717, 1.165) is 14.7 Å². The lowest BCUT2D eigenvalue weighted by Crippen LogP contribution is -1.85. The molecule has 0 atom stereocenters. The topological polar surface area (TPSA) is 0 Å². The zero-order valence-electron chi connectivity index (χ0n) is 7.98. The molecule has 0 aliphatic rings. The SMILES string of the molecule is Fc1ccc(-c2ccc(Cl)c(Cl)c2)c(I)c1. The maximum atomic E-state index is 13.0. The summed E-state index contributed by atoms with van der Waals surface area (Å²) in [5.74, 6) is -0.242. The monoisotopic (exact) mass is 366 g/mol. The molecule has 0 fully saturated rings. The van der Waals surface area contributed by atoms with E-state index in [1.54, 1.807) is 18.2 Å². The van der Waals surface area contributed by atoms with Crippen LogP contribution in [0.25, 0.3) is 11.1 Å². The van der Waals surface area contributed by atoms with E-state index in [2.05, 4.69) is 22.6 Å². The number of halogens is 4. The van der Waals surface area contributed by atoms with Gasteiger partial charge in [-0.05, 0) is 58.0 Å². The number of hydrogen-bond donors (Lipinski definition) is 0. The molecule has 82 valence electrons. The molecule has 0 radical (unpaired) electrons. The molecule has 4 heteroatoms. The van der Waals surface area contributed by atoms with E-state index in [4.69, 9.17) is 23.2 Å². The van der Waals surface area contributed by atoms with Gasteiger partial charge in [0.2, 0.25) is 0 Å². The molecule has 0 saturated heterocycles. The van der Waals surface area contributed by atoms with E-state index in [9.17, 15) is 4.39 Å². The normalized spacial score (nSPS) is 10.5. The van der Waals surface area contributed by atoms with Crippen molar-refractivity contribution in [2.45, 2.75) is 0 Å². The van der Waals surface area contributed by atoms with Crippen LogP contribution in [-0.2, 0) is 0 Å². The van der Waals surface area contributed by atoms with Gasteiger partial charge in [-0.15, -0.1) is 0 Å². The molecule has 0 aliphatic carbocycles. The van der Waals surface area contributed by atoms with Crippen LogP contribution < -0.4 is 0 Å². The summed E-state index contributed by atoms with van der Waals surface area (Å²) in [5.41, 5.74) is 1.87. The molecule has 0 bridgehead atoms. The smallest absolute Gasteiger partial charge is 0.124 e. The van der Waals surface area contributed by atoms with Crippen LogP contribution in [0.4, 0.5) is 4.39 Å². The van der Waals surface area contributed by atoms with Gasteiger partial charge in [-0.1, -0.05) is 35.3 Å². The molecule has 0 unspecified atom stereocenters. The highest BCUT2D eigenvalue weighted by Crippen LogP contribution is 2.31. The first-order valence-corrected chi connectivity index (χ1v) is 6.32. The largest absolute Gasteiger partial charge is 0.207 e. The Morgan fingerprint density at radius 1 is 0.938 bits per heavy atom. The molecule has 0 amide bonds. The van der Waals surface area contributed by atoms with Gasteiger partial charge < -0.3 is 0 Å². The fourth-order valence-corrected chi connectivity index (χ4v) is 2.47. The van der Waals surface area contributed by atoms with Gasteiger partial charge in [-0.25, -0.2) is 4.39 Å². The van der Waals surface area contributed by atoms with Crippen LogP contribution in [0, 0.1) is 9.39 Å². The van der Waals surface area contributed by atoms with Crippen molar-refractivity contribution in [3.8, 4) is 11.1 Å². The lowest BCUT2D eigenvalue weighted by atomic mass is 10.1. The zero-order chi connectivity index (χ0) is 11.7. The Bertz CT molecular complexity index is 541. The molecule has 0 spiro atoms. The van der Waals surface area contributed by atoms with E-state index in [1.165, 1.54) is 12.1 Å². The molecule has 0 saturated carbocycles. The summed E-state index contributed by atoms with van der Waals surface area (Å²) in [6, 6.07) is 10.0. The van der Waals surface area contributed by atoms with Crippen LogP contribution in [0.5, 0.6) is 0 Å². The van der Waals surface area contributed by atoms with Crippen molar-refractivity contribution >= 4 is 45.8 Å². The van der Waals surface area contributed by atoms with Crippen LogP contribution in [0.3, 0.4) is 0 Å². The molecule has 2 aromatic carbocycles. The average molecular weight is 367 g/mol. The summed E-state index contributed by atoms with van der Waals surface area (Å²) in [4.78, 5) is 0. The van der Waals surface area contributed by atoms with Gasteiger partial charge in [0.25, 0.3) is 0 Å². The van der Waals surface area contributed by atoms with Gasteiger partial charge in [-0.2, -0.15) is 0 Å². The Hall–Kier alpha value is -0.320. The lowest BCUT2D eigenvalue weighted by molar-refractivity contribution is 0.627. The van der Waals surface area contributed by atoms with Gasteiger partial charge in [0.1, 0.15) is 5.82 Å². The van der Waals surface area contributed by atoms with Crippen LogP contribution in [0.2, 0.25) is 10.0 Å². The highest BCUT2D eigenvalue weighted by Gasteiger charge is 2.06. The highest BCUT2D eigenvalue weighted by atomic mass is 127. The lowest BCUT2D eigenvalue weighted by Gasteiger charge is -2.06. The molecule has 0 N–H and O–H groups in total. The summed E-state index contributed by atoms with van der Waals surface area (Å²) in [6.07, 6.45) is 0. The Morgan fingerprint density at radius 2 is 1.69 bits per heavy atom. The second-order valence-corrected chi connectivity index (χ2v) is 5.23. The predicted octanol–water partition coefficient (Wildman–Crippen LogP) is 5.40. The van der Waals surface area contributed by atoms with Crippen molar-refractivity contribution in [1.82, 2.24) is 0 Å². The highest BCUT2D eigenvalue weighted by molar-refractivity contribution is 14.1. The minimum atomic E-state index is -0.242. The minimum Gasteiger partial charge on any atom is -0.207 e. The Labute approximate surface area is 117 Å². The Morgan fingerprint density at radius 3 is 2.31 bits per heavy atom. The fraction of sp³-hybridized carbons (Fsp3) is 0. The minimum absolute atomic E-state index is 0.242. The zero-order valence-corrected chi connectivity index (χ0v) is 11.6. The molecule has 16 heavy (non-hydrogen) atoms. The van der Waals surface area contributed by atoms with Crippen molar-refractivity contribution in [2.24, 2.45) is 0 Å². The summed E-state index contributed by atoms with van der Waals surface area (Å²) in [7, 11) is 0. The predicted molar refractivity (Wildman–Crippen MR) is 74.6 cm³/mol. The van der Waals surface area contributed by atoms with E-state index in [0.29, 0.717) is 10.0 Å².